The molecule has 4 heteroatoms. The van der Waals surface area contributed by atoms with E-state index in [1.807, 2.05) is 36.9 Å². The third-order valence-corrected chi connectivity index (χ3v) is 3.78. The Balaban J connectivity index is 1.91. The van der Waals surface area contributed by atoms with Crippen LogP contribution in [0.5, 0.6) is 5.75 Å². The molecule has 1 aliphatic rings. The molecule has 0 spiro atoms. The fourth-order valence-electron chi connectivity index (χ4n) is 2.49. The number of carbonyl (C=O) groups excluding carboxylic acids is 1. The number of likely N-dealkylation sites (tertiary alicyclic amines) is 1. The van der Waals surface area contributed by atoms with E-state index in [0.29, 0.717) is 0 Å². The average molecular weight is 276 g/mol. The molecule has 20 heavy (non-hydrogen) atoms. The minimum Gasteiger partial charge on any atom is -0.484 e. The Morgan fingerprint density at radius 2 is 2.05 bits per heavy atom. The monoisotopic (exact) mass is 276 g/mol. The van der Waals surface area contributed by atoms with Gasteiger partial charge in [-0.15, -0.1) is 0 Å². The molecule has 2 rings (SSSR count). The fourth-order valence-corrected chi connectivity index (χ4v) is 2.49. The number of hydrogen-bond donors (Lipinski definition) is 1. The average Bonchev–Trinajstić information content (AvgIpc) is 2.46. The molecule has 1 aromatic rings. The van der Waals surface area contributed by atoms with Crippen LogP contribution in [-0.2, 0) is 4.79 Å². The van der Waals surface area contributed by atoms with Crippen molar-refractivity contribution < 1.29 is 9.53 Å². The summed E-state index contributed by atoms with van der Waals surface area (Å²) < 4.78 is 5.65. The molecule has 1 aromatic carbocycles. The van der Waals surface area contributed by atoms with E-state index >= 15 is 0 Å². The second kappa shape index (κ2) is 6.75. The Morgan fingerprint density at radius 3 is 2.65 bits per heavy atom. The molecule has 0 aliphatic carbocycles. The first-order chi connectivity index (χ1) is 9.58. The number of hydrogen-bond acceptors (Lipinski definition) is 3. The number of nitrogens with two attached hydrogens (primary N) is 1. The highest BCUT2D eigenvalue weighted by Gasteiger charge is 2.17. The van der Waals surface area contributed by atoms with Crippen molar-refractivity contribution >= 4 is 5.91 Å². The number of carbonyl (C=O) groups is 1. The van der Waals surface area contributed by atoms with Gasteiger partial charge in [-0.3, -0.25) is 4.79 Å². The number of nitrogens with zero attached hydrogens (tertiary/aromatic N) is 1. The summed E-state index contributed by atoms with van der Waals surface area (Å²) in [7, 11) is 0. The van der Waals surface area contributed by atoms with E-state index in [9.17, 15) is 4.79 Å². The van der Waals surface area contributed by atoms with Crippen LogP contribution < -0.4 is 10.5 Å². The number of rotatable bonds is 4. The molecule has 1 atom stereocenters. The van der Waals surface area contributed by atoms with Crippen molar-refractivity contribution in [2.45, 2.75) is 39.2 Å². The van der Waals surface area contributed by atoms with Gasteiger partial charge in [0.25, 0.3) is 5.91 Å². The highest BCUT2D eigenvalue weighted by atomic mass is 16.5. The molecule has 110 valence electrons. The van der Waals surface area contributed by atoms with Gasteiger partial charge in [0.1, 0.15) is 5.75 Å². The molecule has 1 heterocycles. The van der Waals surface area contributed by atoms with Crippen LogP contribution in [0, 0.1) is 6.92 Å². The van der Waals surface area contributed by atoms with E-state index in [1.54, 1.807) is 0 Å². The van der Waals surface area contributed by atoms with Crippen LogP contribution in [0.25, 0.3) is 0 Å². The van der Waals surface area contributed by atoms with Crippen molar-refractivity contribution in [3.8, 4) is 5.75 Å². The zero-order chi connectivity index (χ0) is 14.5. The summed E-state index contributed by atoms with van der Waals surface area (Å²) >= 11 is 0. The van der Waals surface area contributed by atoms with Gasteiger partial charge in [-0.2, -0.15) is 0 Å². The summed E-state index contributed by atoms with van der Waals surface area (Å²) in [5.74, 6) is 0.847. The van der Waals surface area contributed by atoms with E-state index < -0.39 is 0 Å². The van der Waals surface area contributed by atoms with Gasteiger partial charge in [0.05, 0.1) is 0 Å². The highest BCUT2D eigenvalue weighted by molar-refractivity contribution is 5.77. The molecular formula is C16H24N2O2. The number of piperidine rings is 1. The fraction of sp³-hybridized carbons (Fsp3) is 0.562. The SMILES string of the molecule is Cc1cc(C(C)N)ccc1OCC(=O)N1CCCCC1. The summed E-state index contributed by atoms with van der Waals surface area (Å²) in [6.07, 6.45) is 3.43. The summed E-state index contributed by atoms with van der Waals surface area (Å²) in [4.78, 5) is 13.9. The molecule has 1 amide bonds. The lowest BCUT2D eigenvalue weighted by atomic mass is 10.1. The second-order valence-electron chi connectivity index (χ2n) is 5.54. The van der Waals surface area contributed by atoms with Crippen LogP contribution in [0.15, 0.2) is 18.2 Å². The van der Waals surface area contributed by atoms with Crippen molar-refractivity contribution in [2.75, 3.05) is 19.7 Å². The van der Waals surface area contributed by atoms with Crippen LogP contribution >= 0.6 is 0 Å². The Kier molecular flexibility index (Phi) is 5.01. The summed E-state index contributed by atoms with van der Waals surface area (Å²) in [5, 5.41) is 0. The van der Waals surface area contributed by atoms with Crippen LogP contribution in [0.3, 0.4) is 0 Å². The third-order valence-electron chi connectivity index (χ3n) is 3.78. The van der Waals surface area contributed by atoms with Crippen molar-refractivity contribution in [3.63, 3.8) is 0 Å². The number of benzene rings is 1. The highest BCUT2D eigenvalue weighted by Crippen LogP contribution is 2.22. The predicted octanol–water partition coefficient (Wildman–Crippen LogP) is 2.41. The normalized spacial score (nSPS) is 16.9. The van der Waals surface area contributed by atoms with E-state index in [4.69, 9.17) is 10.5 Å². The summed E-state index contributed by atoms with van der Waals surface area (Å²) in [6, 6.07) is 5.89. The minimum absolute atomic E-state index is 0.0118. The van der Waals surface area contributed by atoms with Crippen LogP contribution in [-0.4, -0.2) is 30.5 Å². The third kappa shape index (κ3) is 3.73. The Morgan fingerprint density at radius 1 is 1.35 bits per heavy atom. The van der Waals surface area contributed by atoms with Gasteiger partial charge < -0.3 is 15.4 Å². The molecule has 1 saturated heterocycles. The topological polar surface area (TPSA) is 55.6 Å². The lowest BCUT2D eigenvalue weighted by Crippen LogP contribution is -2.38. The van der Waals surface area contributed by atoms with E-state index in [0.717, 1.165) is 42.8 Å². The number of amides is 1. The smallest absolute Gasteiger partial charge is 0.260 e. The van der Waals surface area contributed by atoms with Gasteiger partial charge in [-0.25, -0.2) is 0 Å². The zero-order valence-corrected chi connectivity index (χ0v) is 12.4. The quantitative estimate of drug-likeness (QED) is 0.918. The summed E-state index contributed by atoms with van der Waals surface area (Å²) in [6.45, 7) is 5.79. The van der Waals surface area contributed by atoms with Crippen molar-refractivity contribution in [1.82, 2.24) is 4.90 Å². The summed E-state index contributed by atoms with van der Waals surface area (Å²) in [5.41, 5.74) is 7.95. The Hall–Kier alpha value is -1.55. The Labute approximate surface area is 120 Å². The molecule has 1 unspecified atom stereocenters. The van der Waals surface area contributed by atoms with Gasteiger partial charge in [0.2, 0.25) is 0 Å². The van der Waals surface area contributed by atoms with Gasteiger partial charge in [-0.1, -0.05) is 12.1 Å². The Bertz CT molecular complexity index is 466. The van der Waals surface area contributed by atoms with E-state index in [2.05, 4.69) is 0 Å². The first-order valence-electron chi connectivity index (χ1n) is 7.34. The molecule has 0 aromatic heterocycles. The lowest BCUT2D eigenvalue weighted by molar-refractivity contribution is -0.134. The largest absolute Gasteiger partial charge is 0.484 e. The van der Waals surface area contributed by atoms with Gasteiger partial charge >= 0.3 is 0 Å². The van der Waals surface area contributed by atoms with Crippen molar-refractivity contribution in [3.05, 3.63) is 29.3 Å². The molecule has 0 radical (unpaired) electrons. The molecule has 1 fully saturated rings. The number of ether oxygens (including phenoxy) is 1. The van der Waals surface area contributed by atoms with Gasteiger partial charge in [0, 0.05) is 19.1 Å². The van der Waals surface area contributed by atoms with Gasteiger partial charge in [0.15, 0.2) is 6.61 Å². The van der Waals surface area contributed by atoms with E-state index in [-0.39, 0.29) is 18.6 Å². The molecule has 0 saturated carbocycles. The molecule has 0 bridgehead atoms. The second-order valence-corrected chi connectivity index (χ2v) is 5.54. The van der Waals surface area contributed by atoms with Crippen LogP contribution in [0.2, 0.25) is 0 Å². The first-order valence-corrected chi connectivity index (χ1v) is 7.34. The molecule has 4 nitrogen and oxygen atoms in total. The molecule has 2 N–H and O–H groups in total. The predicted molar refractivity (Wildman–Crippen MR) is 79.7 cm³/mol. The van der Waals surface area contributed by atoms with Gasteiger partial charge in [-0.05, 0) is 50.3 Å². The maximum absolute atomic E-state index is 12.0. The first kappa shape index (κ1) is 14.9. The minimum atomic E-state index is 0.0118. The van der Waals surface area contributed by atoms with Crippen molar-refractivity contribution in [2.24, 2.45) is 5.73 Å². The lowest BCUT2D eigenvalue weighted by Gasteiger charge is -2.26. The van der Waals surface area contributed by atoms with E-state index in [1.165, 1.54) is 6.42 Å². The number of aryl methyl sites for hydroxylation is 1. The standard InChI is InChI=1S/C16H24N2O2/c1-12-10-14(13(2)17)6-7-15(12)20-11-16(19)18-8-4-3-5-9-18/h6-7,10,13H,3-5,8-9,11,17H2,1-2H3. The maximum atomic E-state index is 12.0. The zero-order valence-electron chi connectivity index (χ0n) is 12.4. The molecular weight excluding hydrogens is 252 g/mol. The van der Waals surface area contributed by atoms with Crippen molar-refractivity contribution in [1.29, 1.82) is 0 Å². The maximum Gasteiger partial charge on any atom is 0.260 e. The molecule has 1 aliphatic heterocycles. The van der Waals surface area contributed by atoms with Crippen LogP contribution in [0.1, 0.15) is 43.4 Å². The van der Waals surface area contributed by atoms with Crippen LogP contribution in [0.4, 0.5) is 0 Å².